The first-order chi connectivity index (χ1) is 23.1. The number of hydrogen-bond acceptors (Lipinski definition) is 6. The Hall–Kier alpha value is -2.75. The van der Waals surface area contributed by atoms with Crippen LogP contribution < -0.4 is 0 Å². The first-order valence-electron chi connectivity index (χ1n) is 17.6. The van der Waals surface area contributed by atoms with E-state index >= 15 is 0 Å². The lowest BCUT2D eigenvalue weighted by molar-refractivity contribution is -0.169. The van der Waals surface area contributed by atoms with Crippen molar-refractivity contribution < 1.29 is 28.9 Å². The van der Waals surface area contributed by atoms with Crippen LogP contribution in [-0.2, 0) is 19.9 Å². The van der Waals surface area contributed by atoms with E-state index in [4.69, 9.17) is 17.0 Å². The third kappa shape index (κ3) is 9.91. The molecular weight excluding hydrogens is 646 g/mol. The van der Waals surface area contributed by atoms with Gasteiger partial charge in [-0.05, 0) is 55.3 Å². The third-order valence-electron chi connectivity index (χ3n) is 9.17. The zero-order chi connectivity index (χ0) is 35.0. The predicted molar refractivity (Wildman–Crippen MR) is 198 cm³/mol. The molecule has 2 unspecified atom stereocenters. The molecule has 1 aliphatic rings. The zero-order valence-electron chi connectivity index (χ0n) is 28.8. The molecule has 3 rings (SSSR count). The number of alkyl halides is 1. The van der Waals surface area contributed by atoms with E-state index in [1.807, 2.05) is 86.3 Å². The minimum Gasteiger partial charge on any atom is -0.479 e. The minimum absolute atomic E-state index is 0.114. The zero-order valence-corrected chi connectivity index (χ0v) is 30.5. The molecule has 6 nitrogen and oxygen atoms in total. The fraction of sp³-hybridized carbons (Fsp3) is 0.564. The quantitative estimate of drug-likeness (QED) is 0.0720. The first-order valence-corrected chi connectivity index (χ1v) is 19.1. The number of amides is 1. The number of thioether (sulfide) groups is 1. The van der Waals surface area contributed by atoms with Gasteiger partial charge in [0.2, 0.25) is 5.91 Å². The highest BCUT2D eigenvalue weighted by molar-refractivity contribution is 7.99. The van der Waals surface area contributed by atoms with Crippen LogP contribution in [0.5, 0.6) is 0 Å². The second-order valence-corrected chi connectivity index (χ2v) is 14.6. The van der Waals surface area contributed by atoms with Crippen LogP contribution in [0.15, 0.2) is 72.8 Å². The molecule has 0 bridgehead atoms. The normalized spacial score (nSPS) is 17.8. The maximum Gasteiger partial charge on any atom is 0.336 e. The van der Waals surface area contributed by atoms with Crippen LogP contribution in [0.2, 0.25) is 0 Å². The second-order valence-electron chi connectivity index (χ2n) is 13.0. The van der Waals surface area contributed by atoms with E-state index in [0.29, 0.717) is 6.42 Å². The highest BCUT2D eigenvalue weighted by Crippen LogP contribution is 2.48. The van der Waals surface area contributed by atoms with Gasteiger partial charge in [0.15, 0.2) is 11.2 Å². The van der Waals surface area contributed by atoms with Crippen molar-refractivity contribution in [3.05, 3.63) is 83.9 Å². The summed E-state index contributed by atoms with van der Waals surface area (Å²) >= 11 is 7.75. The van der Waals surface area contributed by atoms with E-state index in [0.717, 1.165) is 42.6 Å². The number of ether oxygens (including phenoxy) is 1. The molecule has 1 saturated heterocycles. The average molecular weight is 700 g/mol. The van der Waals surface area contributed by atoms with E-state index in [9.17, 15) is 24.2 Å². The van der Waals surface area contributed by atoms with Crippen molar-refractivity contribution >= 4 is 41.0 Å². The van der Waals surface area contributed by atoms with Gasteiger partial charge in [-0.3, -0.25) is 14.1 Å². The van der Waals surface area contributed by atoms with Crippen molar-refractivity contribution in [2.75, 3.05) is 18.2 Å². The van der Waals surface area contributed by atoms with E-state index in [1.54, 1.807) is 6.08 Å². The Labute approximate surface area is 296 Å². The Morgan fingerprint density at radius 3 is 2.00 bits per heavy atom. The van der Waals surface area contributed by atoms with E-state index in [2.05, 4.69) is 6.92 Å². The number of aliphatic carboxylic acids is 1. The molecule has 264 valence electrons. The van der Waals surface area contributed by atoms with Gasteiger partial charge in [-0.1, -0.05) is 132 Å². The summed E-state index contributed by atoms with van der Waals surface area (Å²) in [5.41, 5.74) is -2.30. The largest absolute Gasteiger partial charge is 0.479 e. The number of unbranched alkanes of at least 4 members (excludes halogenated alkanes) is 8. The van der Waals surface area contributed by atoms with Gasteiger partial charge in [-0.25, -0.2) is 4.79 Å². The van der Waals surface area contributed by atoms with Gasteiger partial charge in [-0.2, -0.15) is 11.8 Å². The number of halogens is 1. The van der Waals surface area contributed by atoms with Crippen molar-refractivity contribution in [3.8, 4) is 0 Å². The molecule has 2 N–H and O–H groups in total. The fourth-order valence-electron chi connectivity index (χ4n) is 6.63. The lowest BCUT2D eigenvalue weighted by Gasteiger charge is -2.39. The summed E-state index contributed by atoms with van der Waals surface area (Å²) in [5, 5.41) is 21.5. The molecule has 9 heteroatoms. The van der Waals surface area contributed by atoms with Gasteiger partial charge in [0, 0.05) is 17.5 Å². The van der Waals surface area contributed by atoms with Crippen molar-refractivity contribution in [2.24, 2.45) is 11.8 Å². The van der Waals surface area contributed by atoms with Crippen LogP contribution in [-0.4, -0.2) is 62.0 Å². The van der Waals surface area contributed by atoms with Gasteiger partial charge in [0.25, 0.3) is 5.17 Å². The predicted octanol–water partition coefficient (Wildman–Crippen LogP) is 9.10. The standard InChI is InChI=1S/C39H54FNO5S2/c1-4-5-6-10-19-28-48-29-20-11-8-7-9-18-25-33(38(45,26-27-40)36(43)44)35(42)41-34(30(2)3)39(46-37(41)47,31-21-14-12-15-22-31)32-23-16-13-17-24-32/h12-18,21-25,30,33-34,45H,4-11,19-20,26-29H2,1-3H3,(H,43,44)/b25-18+/t33?,34-,38?/m0/s1. The Balaban J connectivity index is 1.80. The Kier molecular flexibility index (Phi) is 16.6. The average Bonchev–Trinajstić information content (AvgIpc) is 3.41. The van der Waals surface area contributed by atoms with E-state index < -0.39 is 48.1 Å². The summed E-state index contributed by atoms with van der Waals surface area (Å²) in [6, 6.07) is 18.3. The lowest BCUT2D eigenvalue weighted by atomic mass is 9.75. The molecule has 0 aromatic heterocycles. The molecule has 0 radical (unpaired) electrons. The summed E-state index contributed by atoms with van der Waals surface area (Å²) in [4.78, 5) is 28.4. The van der Waals surface area contributed by atoms with Gasteiger partial charge in [-0.15, -0.1) is 0 Å². The number of carboxylic acids is 1. The number of allylic oxidation sites excluding steroid dienone is 1. The summed E-state index contributed by atoms with van der Waals surface area (Å²) in [6.45, 7) is 5.02. The molecule has 0 saturated carbocycles. The Morgan fingerprint density at radius 2 is 1.50 bits per heavy atom. The van der Waals surface area contributed by atoms with Crippen LogP contribution >= 0.6 is 24.0 Å². The van der Waals surface area contributed by atoms with Crippen molar-refractivity contribution in [3.63, 3.8) is 0 Å². The minimum atomic E-state index is -2.67. The van der Waals surface area contributed by atoms with Crippen molar-refractivity contribution in [1.82, 2.24) is 4.90 Å². The number of thiocarbonyl (C=S) groups is 1. The molecule has 0 aliphatic carbocycles. The number of nitrogens with zero attached hydrogens (tertiary/aromatic N) is 1. The molecule has 2 aromatic rings. The maximum absolute atomic E-state index is 14.6. The van der Waals surface area contributed by atoms with Crippen LogP contribution in [0.4, 0.5) is 4.39 Å². The van der Waals surface area contributed by atoms with Gasteiger partial charge in [0.05, 0.1) is 18.6 Å². The number of hydrogen-bond donors (Lipinski definition) is 2. The number of rotatable bonds is 22. The Bertz CT molecular complexity index is 1270. The number of benzene rings is 2. The van der Waals surface area contributed by atoms with Crippen LogP contribution in [0.3, 0.4) is 0 Å². The third-order valence-corrected chi connectivity index (χ3v) is 10.6. The Morgan fingerprint density at radius 1 is 0.958 bits per heavy atom. The van der Waals surface area contributed by atoms with Crippen LogP contribution in [0, 0.1) is 11.8 Å². The van der Waals surface area contributed by atoms with E-state index in [-0.39, 0.29) is 11.1 Å². The summed E-state index contributed by atoms with van der Waals surface area (Å²) in [7, 11) is 0. The first kappa shape index (κ1) is 39.7. The fourth-order valence-corrected chi connectivity index (χ4v) is 7.99. The van der Waals surface area contributed by atoms with Crippen LogP contribution in [0.1, 0.15) is 103 Å². The highest BCUT2D eigenvalue weighted by Gasteiger charge is 2.60. The molecule has 3 atom stereocenters. The SMILES string of the molecule is CCCCCCCSCCCCCC/C=C/C(C(=O)N1C(=S)OC(c2ccccc2)(c2ccccc2)[C@@H]1C(C)C)C(O)(CCF)C(=O)O. The molecule has 48 heavy (non-hydrogen) atoms. The number of carboxylic acid groups (broad SMARTS) is 1. The molecule has 1 aliphatic heterocycles. The topological polar surface area (TPSA) is 87.1 Å². The molecule has 1 amide bonds. The smallest absolute Gasteiger partial charge is 0.336 e. The molecule has 2 aromatic carbocycles. The summed E-state index contributed by atoms with van der Waals surface area (Å²) in [5.74, 6) is -1.81. The monoisotopic (exact) mass is 699 g/mol. The summed E-state index contributed by atoms with van der Waals surface area (Å²) < 4.78 is 20.3. The molecule has 0 spiro atoms. The van der Waals surface area contributed by atoms with E-state index in [1.165, 1.54) is 48.8 Å². The number of carbonyl (C=O) groups excluding carboxylic acids is 1. The van der Waals surface area contributed by atoms with Gasteiger partial charge >= 0.3 is 5.97 Å². The lowest BCUT2D eigenvalue weighted by Crippen LogP contribution is -2.57. The van der Waals surface area contributed by atoms with Crippen molar-refractivity contribution in [2.45, 2.75) is 109 Å². The molecular formula is C39H54FNO5S2. The molecule has 1 heterocycles. The highest BCUT2D eigenvalue weighted by atomic mass is 32.2. The number of carbonyl (C=O) groups is 2. The molecule has 1 fully saturated rings. The second kappa shape index (κ2) is 20.1. The summed E-state index contributed by atoms with van der Waals surface area (Å²) in [6.07, 6.45) is 13.7. The van der Waals surface area contributed by atoms with Gasteiger partial charge in [0.1, 0.15) is 0 Å². The maximum atomic E-state index is 14.6. The van der Waals surface area contributed by atoms with Crippen molar-refractivity contribution in [1.29, 1.82) is 0 Å². The van der Waals surface area contributed by atoms with Crippen LogP contribution in [0.25, 0.3) is 0 Å². The number of aliphatic hydroxyl groups is 1. The van der Waals surface area contributed by atoms with Gasteiger partial charge < -0.3 is 14.9 Å².